The van der Waals surface area contributed by atoms with E-state index in [-0.39, 0.29) is 24.9 Å². The Hall–Kier alpha value is -2.94. The lowest BCUT2D eigenvalue weighted by molar-refractivity contribution is -0.121. The first-order valence-corrected chi connectivity index (χ1v) is 12.8. The van der Waals surface area contributed by atoms with Gasteiger partial charge in [0.25, 0.3) is 0 Å². The Labute approximate surface area is 196 Å². The number of carbonyl (C=O) groups is 1. The molecule has 0 radical (unpaired) electrons. The number of hydrogen-bond acceptors (Lipinski definition) is 6. The molecule has 0 aliphatic heterocycles. The summed E-state index contributed by atoms with van der Waals surface area (Å²) in [5, 5.41) is 2.96. The van der Waals surface area contributed by atoms with Crippen LogP contribution in [0.25, 0.3) is 0 Å². The predicted molar refractivity (Wildman–Crippen MR) is 130 cm³/mol. The van der Waals surface area contributed by atoms with Crippen LogP contribution in [-0.4, -0.2) is 47.4 Å². The molecule has 8 nitrogen and oxygen atoms in total. The van der Waals surface area contributed by atoms with Crippen molar-refractivity contribution in [3.63, 3.8) is 0 Å². The van der Waals surface area contributed by atoms with Crippen LogP contribution in [0, 0.1) is 0 Å². The van der Waals surface area contributed by atoms with Gasteiger partial charge < -0.3 is 19.5 Å². The van der Waals surface area contributed by atoms with E-state index < -0.39 is 10.0 Å². The van der Waals surface area contributed by atoms with Crippen LogP contribution in [0.2, 0.25) is 0 Å². The van der Waals surface area contributed by atoms with Crippen molar-refractivity contribution < 1.29 is 27.4 Å². The van der Waals surface area contributed by atoms with Crippen molar-refractivity contribution in [2.24, 2.45) is 0 Å². The van der Waals surface area contributed by atoms with Crippen molar-refractivity contribution in [2.75, 3.05) is 37.4 Å². The van der Waals surface area contributed by atoms with Gasteiger partial charge in [-0.3, -0.25) is 9.10 Å². The number of nitrogens with one attached hydrogen (secondary N) is 1. The van der Waals surface area contributed by atoms with Gasteiger partial charge in [-0.05, 0) is 69.2 Å². The number of amides is 1. The maximum Gasteiger partial charge on any atom is 0.232 e. The minimum atomic E-state index is -3.49. The number of anilines is 1. The third-order valence-corrected chi connectivity index (χ3v) is 6.16. The molecule has 0 saturated heterocycles. The van der Waals surface area contributed by atoms with Gasteiger partial charge in [-0.25, -0.2) is 8.42 Å². The SMILES string of the molecule is CCOc1ccc([C@H](C)NC(=O)CCCN(c2ccc(OC)cc2)S(C)(=O)=O)cc1OCC. The minimum absolute atomic E-state index is 0.155. The van der Waals surface area contributed by atoms with Crippen molar-refractivity contribution in [2.45, 2.75) is 39.7 Å². The Morgan fingerprint density at radius 1 is 1.03 bits per heavy atom. The van der Waals surface area contributed by atoms with Crippen LogP contribution in [-0.2, 0) is 14.8 Å². The highest BCUT2D eigenvalue weighted by Gasteiger charge is 2.18. The van der Waals surface area contributed by atoms with Crippen molar-refractivity contribution >= 4 is 21.6 Å². The van der Waals surface area contributed by atoms with Crippen LogP contribution in [0.15, 0.2) is 42.5 Å². The van der Waals surface area contributed by atoms with Gasteiger partial charge in [-0.2, -0.15) is 0 Å². The van der Waals surface area contributed by atoms with E-state index in [0.717, 1.165) is 11.8 Å². The van der Waals surface area contributed by atoms with Gasteiger partial charge in [0, 0.05) is 13.0 Å². The summed E-state index contributed by atoms with van der Waals surface area (Å²) in [4.78, 5) is 12.5. The number of nitrogens with zero attached hydrogens (tertiary/aromatic N) is 1. The van der Waals surface area contributed by atoms with Crippen LogP contribution < -0.4 is 23.8 Å². The highest BCUT2D eigenvalue weighted by atomic mass is 32.2. The molecular weight excluding hydrogens is 444 g/mol. The average Bonchev–Trinajstić information content (AvgIpc) is 2.77. The molecule has 0 aliphatic carbocycles. The number of methoxy groups -OCH3 is 1. The second-order valence-corrected chi connectivity index (χ2v) is 9.40. The molecule has 1 atom stereocenters. The molecule has 0 heterocycles. The molecule has 0 fully saturated rings. The lowest BCUT2D eigenvalue weighted by Crippen LogP contribution is -2.32. The molecule has 0 bridgehead atoms. The summed E-state index contributed by atoms with van der Waals surface area (Å²) in [5.41, 5.74) is 1.43. The fraction of sp³-hybridized carbons (Fsp3) is 0.458. The monoisotopic (exact) mass is 478 g/mol. The molecule has 0 aromatic heterocycles. The molecule has 2 aromatic rings. The Balaban J connectivity index is 1.97. The van der Waals surface area contributed by atoms with E-state index in [1.54, 1.807) is 31.4 Å². The molecule has 2 aromatic carbocycles. The number of rotatable bonds is 13. The van der Waals surface area contributed by atoms with E-state index in [1.165, 1.54) is 4.31 Å². The van der Waals surface area contributed by atoms with E-state index in [9.17, 15) is 13.2 Å². The maximum absolute atomic E-state index is 12.5. The summed E-state index contributed by atoms with van der Waals surface area (Å²) in [6, 6.07) is 12.1. The minimum Gasteiger partial charge on any atom is -0.497 e. The van der Waals surface area contributed by atoms with Crippen molar-refractivity contribution in [1.82, 2.24) is 5.32 Å². The average molecular weight is 479 g/mol. The summed E-state index contributed by atoms with van der Waals surface area (Å²) < 4.78 is 42.2. The molecule has 0 saturated carbocycles. The second kappa shape index (κ2) is 12.3. The van der Waals surface area contributed by atoms with E-state index in [1.807, 2.05) is 39.0 Å². The van der Waals surface area contributed by atoms with Crippen molar-refractivity contribution in [1.29, 1.82) is 0 Å². The number of hydrogen-bond donors (Lipinski definition) is 1. The normalized spacial score (nSPS) is 12.0. The van der Waals surface area contributed by atoms with Crippen LogP contribution in [0.4, 0.5) is 5.69 Å². The first kappa shape index (κ1) is 26.3. The van der Waals surface area contributed by atoms with Crippen LogP contribution in [0.5, 0.6) is 17.2 Å². The lowest BCUT2D eigenvalue weighted by Gasteiger charge is -2.23. The van der Waals surface area contributed by atoms with Gasteiger partial charge in [0.05, 0.1) is 38.3 Å². The zero-order valence-electron chi connectivity index (χ0n) is 20.0. The number of carbonyl (C=O) groups excluding carboxylic acids is 1. The van der Waals surface area contributed by atoms with Crippen LogP contribution >= 0.6 is 0 Å². The molecule has 0 spiro atoms. The molecule has 33 heavy (non-hydrogen) atoms. The Morgan fingerprint density at radius 3 is 2.24 bits per heavy atom. The van der Waals surface area contributed by atoms with Crippen LogP contribution in [0.3, 0.4) is 0 Å². The van der Waals surface area contributed by atoms with Gasteiger partial charge in [-0.1, -0.05) is 6.07 Å². The number of benzene rings is 2. The fourth-order valence-electron chi connectivity index (χ4n) is 3.35. The highest BCUT2D eigenvalue weighted by molar-refractivity contribution is 7.92. The third-order valence-electron chi connectivity index (χ3n) is 4.97. The molecule has 9 heteroatoms. The Kier molecular flexibility index (Phi) is 9.84. The largest absolute Gasteiger partial charge is 0.497 e. The molecule has 1 amide bonds. The topological polar surface area (TPSA) is 94.2 Å². The fourth-order valence-corrected chi connectivity index (χ4v) is 4.32. The summed E-state index contributed by atoms with van der Waals surface area (Å²) in [6.45, 7) is 6.95. The van der Waals surface area contributed by atoms with Gasteiger partial charge >= 0.3 is 0 Å². The summed E-state index contributed by atoms with van der Waals surface area (Å²) >= 11 is 0. The van der Waals surface area contributed by atoms with E-state index in [2.05, 4.69) is 5.32 Å². The first-order chi connectivity index (χ1) is 15.7. The van der Waals surface area contributed by atoms with Crippen LogP contribution in [0.1, 0.15) is 45.2 Å². The van der Waals surface area contributed by atoms with Gasteiger partial charge in [0.1, 0.15) is 5.75 Å². The van der Waals surface area contributed by atoms with Crippen molar-refractivity contribution in [3.05, 3.63) is 48.0 Å². The van der Waals surface area contributed by atoms with Gasteiger partial charge in [0.2, 0.25) is 15.9 Å². The molecule has 0 aliphatic rings. The second-order valence-electron chi connectivity index (χ2n) is 7.50. The summed E-state index contributed by atoms with van der Waals surface area (Å²) in [7, 11) is -1.94. The van der Waals surface area contributed by atoms with Crippen molar-refractivity contribution in [3.8, 4) is 17.2 Å². The highest BCUT2D eigenvalue weighted by Crippen LogP contribution is 2.30. The third kappa shape index (κ3) is 7.85. The first-order valence-electron chi connectivity index (χ1n) is 11.0. The smallest absolute Gasteiger partial charge is 0.232 e. The maximum atomic E-state index is 12.5. The molecule has 182 valence electrons. The van der Waals surface area contributed by atoms with E-state index in [0.29, 0.717) is 42.6 Å². The Bertz CT molecular complexity index is 1010. The quantitative estimate of drug-likeness (QED) is 0.469. The van der Waals surface area contributed by atoms with E-state index in [4.69, 9.17) is 14.2 Å². The standard InChI is InChI=1S/C24H34N2O6S/c1-6-31-22-15-10-19(17-23(22)32-7-2)18(3)25-24(27)9-8-16-26(33(5,28)29)20-11-13-21(30-4)14-12-20/h10-15,17-18H,6-9,16H2,1-5H3,(H,25,27)/t18-/m0/s1. The molecule has 2 rings (SSSR count). The zero-order valence-corrected chi connectivity index (χ0v) is 20.8. The molecule has 0 unspecified atom stereocenters. The van der Waals surface area contributed by atoms with E-state index >= 15 is 0 Å². The van der Waals surface area contributed by atoms with Gasteiger partial charge in [0.15, 0.2) is 11.5 Å². The Morgan fingerprint density at radius 2 is 1.67 bits per heavy atom. The zero-order chi connectivity index (χ0) is 24.4. The summed E-state index contributed by atoms with van der Waals surface area (Å²) in [5.74, 6) is 1.79. The molecule has 1 N–H and O–H groups in total. The number of ether oxygens (including phenoxy) is 3. The lowest BCUT2D eigenvalue weighted by atomic mass is 10.1. The van der Waals surface area contributed by atoms with Gasteiger partial charge in [-0.15, -0.1) is 0 Å². The molecular formula is C24H34N2O6S. The number of sulfonamides is 1. The predicted octanol–water partition coefficient (Wildman–Crippen LogP) is 3.92. The summed E-state index contributed by atoms with van der Waals surface area (Å²) in [6.07, 6.45) is 1.73.